The average Bonchev–Trinajstić information content (AvgIpc) is 3.21. The van der Waals surface area contributed by atoms with E-state index in [1.165, 1.54) is 55.2 Å². The highest BCUT2D eigenvalue weighted by Crippen LogP contribution is 2.32. The maximum absolute atomic E-state index is 6.05. The lowest BCUT2D eigenvalue weighted by atomic mass is 9.87. The fourth-order valence-corrected chi connectivity index (χ4v) is 3.16. The molecule has 0 spiro atoms. The molecule has 2 aliphatic rings. The molecule has 1 aromatic heterocycles. The zero-order valence-corrected chi connectivity index (χ0v) is 11.8. The third-order valence-corrected chi connectivity index (χ3v) is 4.47. The van der Waals surface area contributed by atoms with E-state index in [0.29, 0.717) is 0 Å². The van der Waals surface area contributed by atoms with Crippen LogP contribution in [0.3, 0.4) is 0 Å². The summed E-state index contributed by atoms with van der Waals surface area (Å²) in [5.74, 6) is 2.09. The third-order valence-electron chi connectivity index (χ3n) is 4.47. The molecule has 0 radical (unpaired) electrons. The van der Waals surface area contributed by atoms with Crippen molar-refractivity contribution in [3.63, 3.8) is 0 Å². The standard InChI is InChI=1S/C18H21NO/c1-2-6-16-13(4-1)5-3-7-17(16)18-11-10-15(20-18)12-19-14-8-9-14/h3,5,7,10-11,14,19H,1-2,4,6,8-9,12H2. The Bertz CT molecular complexity index is 610. The van der Waals surface area contributed by atoms with E-state index in [4.69, 9.17) is 4.42 Å². The van der Waals surface area contributed by atoms with Crippen molar-refractivity contribution in [3.8, 4) is 11.3 Å². The molecule has 0 amide bonds. The molecule has 2 heteroatoms. The first-order chi connectivity index (χ1) is 9.90. The number of hydrogen-bond donors (Lipinski definition) is 1. The number of rotatable bonds is 4. The van der Waals surface area contributed by atoms with Crippen molar-refractivity contribution in [2.75, 3.05) is 0 Å². The van der Waals surface area contributed by atoms with E-state index >= 15 is 0 Å². The van der Waals surface area contributed by atoms with Crippen LogP contribution in [0.5, 0.6) is 0 Å². The minimum atomic E-state index is 0.730. The van der Waals surface area contributed by atoms with Gasteiger partial charge in [-0.25, -0.2) is 0 Å². The van der Waals surface area contributed by atoms with Gasteiger partial charge in [0.25, 0.3) is 0 Å². The van der Waals surface area contributed by atoms with Crippen molar-refractivity contribution < 1.29 is 4.42 Å². The minimum absolute atomic E-state index is 0.730. The Balaban J connectivity index is 1.60. The van der Waals surface area contributed by atoms with E-state index in [-0.39, 0.29) is 0 Å². The molecule has 0 bridgehead atoms. The van der Waals surface area contributed by atoms with Crippen molar-refractivity contribution in [2.45, 2.75) is 51.1 Å². The van der Waals surface area contributed by atoms with E-state index < -0.39 is 0 Å². The number of aryl methyl sites for hydroxylation is 1. The molecule has 1 N–H and O–H groups in total. The van der Waals surface area contributed by atoms with Gasteiger partial charge in [-0.1, -0.05) is 18.2 Å². The van der Waals surface area contributed by atoms with Crippen LogP contribution < -0.4 is 5.32 Å². The van der Waals surface area contributed by atoms with Crippen LogP contribution in [0.4, 0.5) is 0 Å². The Morgan fingerprint density at radius 1 is 1.05 bits per heavy atom. The van der Waals surface area contributed by atoms with Gasteiger partial charge in [0.2, 0.25) is 0 Å². The fourth-order valence-electron chi connectivity index (χ4n) is 3.16. The lowest BCUT2D eigenvalue weighted by Crippen LogP contribution is -2.14. The molecule has 1 heterocycles. The number of furan rings is 1. The first-order valence-electron chi connectivity index (χ1n) is 7.83. The molecule has 2 aromatic rings. The van der Waals surface area contributed by atoms with Gasteiger partial charge in [-0.05, 0) is 61.8 Å². The zero-order valence-electron chi connectivity index (χ0n) is 11.8. The first kappa shape index (κ1) is 12.2. The Morgan fingerprint density at radius 3 is 2.85 bits per heavy atom. The van der Waals surface area contributed by atoms with Crippen LogP contribution in [0.25, 0.3) is 11.3 Å². The fraction of sp³-hybridized carbons (Fsp3) is 0.444. The summed E-state index contributed by atoms with van der Waals surface area (Å²) in [4.78, 5) is 0. The van der Waals surface area contributed by atoms with Gasteiger partial charge >= 0.3 is 0 Å². The third kappa shape index (κ3) is 2.40. The van der Waals surface area contributed by atoms with E-state index in [1.54, 1.807) is 0 Å². The molecular weight excluding hydrogens is 246 g/mol. The summed E-state index contributed by atoms with van der Waals surface area (Å²) in [7, 11) is 0. The summed E-state index contributed by atoms with van der Waals surface area (Å²) in [6.07, 6.45) is 7.69. The number of benzene rings is 1. The number of nitrogens with one attached hydrogen (secondary N) is 1. The molecule has 1 saturated carbocycles. The second-order valence-corrected chi connectivity index (χ2v) is 6.07. The Morgan fingerprint density at radius 2 is 1.95 bits per heavy atom. The zero-order chi connectivity index (χ0) is 13.4. The molecule has 1 fully saturated rings. The summed E-state index contributed by atoms with van der Waals surface area (Å²) in [6, 6.07) is 11.6. The van der Waals surface area contributed by atoms with Crippen LogP contribution in [-0.2, 0) is 19.4 Å². The highest BCUT2D eigenvalue weighted by atomic mass is 16.3. The van der Waals surface area contributed by atoms with Gasteiger partial charge in [0.15, 0.2) is 0 Å². The Labute approximate surface area is 120 Å². The largest absolute Gasteiger partial charge is 0.460 e. The van der Waals surface area contributed by atoms with E-state index in [2.05, 4.69) is 35.6 Å². The molecule has 4 rings (SSSR count). The monoisotopic (exact) mass is 267 g/mol. The second-order valence-electron chi connectivity index (χ2n) is 6.07. The van der Waals surface area contributed by atoms with Crippen LogP contribution in [0.1, 0.15) is 42.6 Å². The molecule has 2 nitrogen and oxygen atoms in total. The Kier molecular flexibility index (Phi) is 3.12. The van der Waals surface area contributed by atoms with Crippen molar-refractivity contribution in [1.29, 1.82) is 0 Å². The molecule has 0 saturated heterocycles. The summed E-state index contributed by atoms with van der Waals surface area (Å²) >= 11 is 0. The maximum atomic E-state index is 6.05. The van der Waals surface area contributed by atoms with Gasteiger partial charge in [-0.15, -0.1) is 0 Å². The predicted molar refractivity (Wildman–Crippen MR) is 80.6 cm³/mol. The molecule has 2 aliphatic carbocycles. The summed E-state index contributed by atoms with van der Waals surface area (Å²) < 4.78 is 6.05. The minimum Gasteiger partial charge on any atom is -0.460 e. The molecule has 104 valence electrons. The smallest absolute Gasteiger partial charge is 0.134 e. The molecule has 0 aliphatic heterocycles. The Hall–Kier alpha value is -1.54. The molecule has 0 unspecified atom stereocenters. The molecule has 20 heavy (non-hydrogen) atoms. The number of hydrogen-bond acceptors (Lipinski definition) is 2. The van der Waals surface area contributed by atoms with E-state index in [0.717, 1.165) is 24.1 Å². The van der Waals surface area contributed by atoms with Crippen LogP contribution in [0.2, 0.25) is 0 Å². The van der Waals surface area contributed by atoms with Crippen molar-refractivity contribution in [1.82, 2.24) is 5.32 Å². The quantitative estimate of drug-likeness (QED) is 0.903. The van der Waals surface area contributed by atoms with Gasteiger partial charge in [0.1, 0.15) is 11.5 Å². The normalized spacial score (nSPS) is 18.0. The molecule has 0 atom stereocenters. The topological polar surface area (TPSA) is 25.2 Å². The van der Waals surface area contributed by atoms with Gasteiger partial charge in [-0.3, -0.25) is 0 Å². The van der Waals surface area contributed by atoms with Crippen LogP contribution in [0, 0.1) is 0 Å². The summed E-state index contributed by atoms with van der Waals surface area (Å²) in [5, 5.41) is 3.51. The summed E-state index contributed by atoms with van der Waals surface area (Å²) in [5.41, 5.74) is 4.33. The van der Waals surface area contributed by atoms with Gasteiger partial charge in [0, 0.05) is 11.6 Å². The number of fused-ring (bicyclic) bond motifs is 1. The van der Waals surface area contributed by atoms with Crippen LogP contribution in [0.15, 0.2) is 34.7 Å². The van der Waals surface area contributed by atoms with Gasteiger partial charge in [-0.2, -0.15) is 0 Å². The average molecular weight is 267 g/mol. The van der Waals surface area contributed by atoms with Crippen molar-refractivity contribution in [3.05, 3.63) is 47.2 Å². The highest BCUT2D eigenvalue weighted by molar-refractivity contribution is 5.64. The van der Waals surface area contributed by atoms with E-state index in [1.807, 2.05) is 0 Å². The predicted octanol–water partition coefficient (Wildman–Crippen LogP) is 4.08. The van der Waals surface area contributed by atoms with Crippen molar-refractivity contribution in [2.24, 2.45) is 0 Å². The van der Waals surface area contributed by atoms with Crippen LogP contribution in [-0.4, -0.2) is 6.04 Å². The SMILES string of the molecule is c1cc2c(c(-c3ccc(CNC4CC4)o3)c1)CCCC2. The molecular formula is C18H21NO. The second kappa shape index (κ2) is 5.10. The lowest BCUT2D eigenvalue weighted by Gasteiger charge is -2.18. The highest BCUT2D eigenvalue weighted by Gasteiger charge is 2.21. The maximum Gasteiger partial charge on any atom is 0.134 e. The van der Waals surface area contributed by atoms with Gasteiger partial charge < -0.3 is 9.73 Å². The first-order valence-corrected chi connectivity index (χ1v) is 7.83. The van der Waals surface area contributed by atoms with Crippen LogP contribution >= 0.6 is 0 Å². The summed E-state index contributed by atoms with van der Waals surface area (Å²) in [6.45, 7) is 0.861. The van der Waals surface area contributed by atoms with Crippen molar-refractivity contribution >= 4 is 0 Å². The van der Waals surface area contributed by atoms with E-state index in [9.17, 15) is 0 Å². The lowest BCUT2D eigenvalue weighted by molar-refractivity contribution is 0.492. The molecule has 1 aromatic carbocycles. The van der Waals surface area contributed by atoms with Gasteiger partial charge in [0.05, 0.1) is 6.54 Å².